The van der Waals surface area contributed by atoms with Crippen LogP contribution in [-0.4, -0.2) is 62.8 Å². The summed E-state index contributed by atoms with van der Waals surface area (Å²) in [6, 6.07) is 14.2. The maximum absolute atomic E-state index is 13.3. The standard InChI is InChI=1S/C25H29N3O3S/c1-6-14-28(16-29)25-22(24(31)27(4)5)21(23(30)26(2)3)20(32-25)15-18-12-9-11-17-10-7-8-13-19(17)18/h7-13,16H,6,14-15H2,1-5H3. The Morgan fingerprint density at radius 2 is 1.53 bits per heavy atom. The van der Waals surface area contributed by atoms with Gasteiger partial charge in [-0.05, 0) is 22.8 Å². The van der Waals surface area contributed by atoms with Crippen molar-refractivity contribution in [2.45, 2.75) is 19.8 Å². The fourth-order valence-electron chi connectivity index (χ4n) is 3.73. The van der Waals surface area contributed by atoms with E-state index in [4.69, 9.17) is 0 Å². The first-order valence-corrected chi connectivity index (χ1v) is 11.4. The van der Waals surface area contributed by atoms with E-state index in [1.54, 1.807) is 33.1 Å². The first kappa shape index (κ1) is 23.5. The van der Waals surface area contributed by atoms with Crippen LogP contribution in [0, 0.1) is 0 Å². The molecule has 0 aliphatic rings. The van der Waals surface area contributed by atoms with Crippen molar-refractivity contribution < 1.29 is 14.4 Å². The molecule has 2 aromatic carbocycles. The molecule has 3 aromatic rings. The molecule has 1 aromatic heterocycles. The molecule has 32 heavy (non-hydrogen) atoms. The average Bonchev–Trinajstić information content (AvgIpc) is 3.14. The van der Waals surface area contributed by atoms with Crippen LogP contribution in [0.5, 0.6) is 0 Å². The van der Waals surface area contributed by atoms with E-state index in [1.807, 2.05) is 31.2 Å². The van der Waals surface area contributed by atoms with Crippen molar-refractivity contribution in [3.8, 4) is 0 Å². The molecule has 0 spiro atoms. The van der Waals surface area contributed by atoms with Gasteiger partial charge in [-0.25, -0.2) is 0 Å². The molecule has 0 aliphatic heterocycles. The highest BCUT2D eigenvalue weighted by Crippen LogP contribution is 2.39. The zero-order valence-corrected chi connectivity index (χ0v) is 20.0. The molecular weight excluding hydrogens is 422 g/mol. The van der Waals surface area contributed by atoms with Crippen LogP contribution in [0.3, 0.4) is 0 Å². The smallest absolute Gasteiger partial charge is 0.257 e. The Labute approximate surface area is 193 Å². The summed E-state index contributed by atoms with van der Waals surface area (Å²) in [6.07, 6.45) is 1.97. The number of nitrogens with zero attached hydrogens (tertiary/aromatic N) is 3. The molecule has 0 saturated heterocycles. The van der Waals surface area contributed by atoms with Crippen LogP contribution in [0.4, 0.5) is 5.00 Å². The molecular formula is C25H29N3O3S. The van der Waals surface area contributed by atoms with Crippen molar-refractivity contribution in [2.75, 3.05) is 39.6 Å². The Kier molecular flexibility index (Phi) is 7.30. The van der Waals surface area contributed by atoms with E-state index < -0.39 is 0 Å². The number of fused-ring (bicyclic) bond motifs is 1. The largest absolute Gasteiger partial charge is 0.345 e. The van der Waals surface area contributed by atoms with Crippen molar-refractivity contribution in [1.29, 1.82) is 0 Å². The van der Waals surface area contributed by atoms with Crippen molar-refractivity contribution in [2.24, 2.45) is 0 Å². The molecule has 1 heterocycles. The van der Waals surface area contributed by atoms with Gasteiger partial charge in [0.15, 0.2) is 0 Å². The summed E-state index contributed by atoms with van der Waals surface area (Å²) in [4.78, 5) is 43.7. The van der Waals surface area contributed by atoms with Crippen molar-refractivity contribution in [3.63, 3.8) is 0 Å². The van der Waals surface area contributed by atoms with Gasteiger partial charge < -0.3 is 14.7 Å². The molecule has 6 nitrogen and oxygen atoms in total. The Morgan fingerprint density at radius 3 is 2.16 bits per heavy atom. The van der Waals surface area contributed by atoms with Gasteiger partial charge in [-0.15, -0.1) is 11.3 Å². The van der Waals surface area contributed by atoms with Crippen LogP contribution in [0.25, 0.3) is 10.8 Å². The van der Waals surface area contributed by atoms with Crippen LogP contribution < -0.4 is 4.90 Å². The number of hydrogen-bond donors (Lipinski definition) is 0. The monoisotopic (exact) mass is 451 g/mol. The predicted molar refractivity (Wildman–Crippen MR) is 131 cm³/mol. The lowest BCUT2D eigenvalue weighted by molar-refractivity contribution is -0.107. The van der Waals surface area contributed by atoms with Gasteiger partial charge in [0.25, 0.3) is 11.8 Å². The van der Waals surface area contributed by atoms with Gasteiger partial charge in [0.05, 0.1) is 11.1 Å². The molecule has 7 heteroatoms. The number of carbonyl (C=O) groups is 3. The Hall–Kier alpha value is -3.19. The zero-order chi connectivity index (χ0) is 23.4. The Bertz CT molecular complexity index is 1150. The van der Waals surface area contributed by atoms with Gasteiger partial charge in [0.1, 0.15) is 5.00 Å². The predicted octanol–water partition coefficient (Wildman–Crippen LogP) is 4.27. The minimum Gasteiger partial charge on any atom is -0.345 e. The lowest BCUT2D eigenvalue weighted by Gasteiger charge is -2.19. The molecule has 0 fully saturated rings. The number of benzene rings is 2. The second-order valence-corrected chi connectivity index (χ2v) is 9.18. The minimum atomic E-state index is -0.284. The van der Waals surface area contributed by atoms with E-state index >= 15 is 0 Å². The third-order valence-electron chi connectivity index (χ3n) is 5.29. The van der Waals surface area contributed by atoms with Crippen LogP contribution in [-0.2, 0) is 11.2 Å². The van der Waals surface area contributed by atoms with E-state index in [9.17, 15) is 14.4 Å². The lowest BCUT2D eigenvalue weighted by atomic mass is 9.98. The molecule has 0 N–H and O–H groups in total. The first-order chi connectivity index (χ1) is 15.3. The van der Waals surface area contributed by atoms with Crippen LogP contribution in [0.2, 0.25) is 0 Å². The van der Waals surface area contributed by atoms with E-state index in [-0.39, 0.29) is 11.8 Å². The molecule has 3 rings (SSSR count). The number of amides is 3. The normalized spacial score (nSPS) is 10.8. The van der Waals surface area contributed by atoms with E-state index in [0.29, 0.717) is 29.1 Å². The number of anilines is 1. The second-order valence-electron chi connectivity index (χ2n) is 8.09. The van der Waals surface area contributed by atoms with Gasteiger partial charge in [-0.3, -0.25) is 14.4 Å². The van der Waals surface area contributed by atoms with E-state index in [0.717, 1.165) is 34.0 Å². The highest BCUT2D eigenvalue weighted by atomic mass is 32.1. The van der Waals surface area contributed by atoms with Crippen LogP contribution >= 0.6 is 11.3 Å². The lowest BCUT2D eigenvalue weighted by Crippen LogP contribution is -2.30. The number of rotatable bonds is 8. The molecule has 0 atom stereocenters. The van der Waals surface area contributed by atoms with Crippen LogP contribution in [0.1, 0.15) is 44.5 Å². The highest BCUT2D eigenvalue weighted by Gasteiger charge is 2.32. The molecule has 3 amide bonds. The molecule has 168 valence electrons. The fraction of sp³-hybridized carbons (Fsp3) is 0.320. The average molecular weight is 452 g/mol. The first-order valence-electron chi connectivity index (χ1n) is 10.6. The van der Waals surface area contributed by atoms with Gasteiger partial charge in [0.2, 0.25) is 6.41 Å². The van der Waals surface area contributed by atoms with Crippen LogP contribution in [0.15, 0.2) is 42.5 Å². The fourth-order valence-corrected chi connectivity index (χ4v) is 5.02. The Morgan fingerprint density at radius 1 is 0.906 bits per heavy atom. The quantitative estimate of drug-likeness (QED) is 0.481. The second kappa shape index (κ2) is 9.96. The minimum absolute atomic E-state index is 0.240. The van der Waals surface area contributed by atoms with Gasteiger partial charge in [-0.1, -0.05) is 49.4 Å². The summed E-state index contributed by atoms with van der Waals surface area (Å²) < 4.78 is 0. The third kappa shape index (κ3) is 4.53. The summed E-state index contributed by atoms with van der Waals surface area (Å²) in [6.45, 7) is 2.45. The summed E-state index contributed by atoms with van der Waals surface area (Å²) >= 11 is 1.35. The molecule has 0 saturated carbocycles. The molecule has 0 radical (unpaired) electrons. The Balaban J connectivity index is 2.27. The summed E-state index contributed by atoms with van der Waals surface area (Å²) in [5.74, 6) is -0.524. The summed E-state index contributed by atoms with van der Waals surface area (Å²) in [7, 11) is 6.66. The topological polar surface area (TPSA) is 60.9 Å². The van der Waals surface area contributed by atoms with Gasteiger partial charge >= 0.3 is 0 Å². The van der Waals surface area contributed by atoms with Gasteiger partial charge in [-0.2, -0.15) is 0 Å². The zero-order valence-electron chi connectivity index (χ0n) is 19.2. The highest BCUT2D eigenvalue weighted by molar-refractivity contribution is 7.17. The van der Waals surface area contributed by atoms with E-state index in [1.165, 1.54) is 21.1 Å². The molecule has 0 unspecified atom stereocenters. The maximum atomic E-state index is 13.3. The number of thiophene rings is 1. The summed E-state index contributed by atoms with van der Waals surface area (Å²) in [5, 5.41) is 2.75. The maximum Gasteiger partial charge on any atom is 0.257 e. The van der Waals surface area contributed by atoms with E-state index in [2.05, 4.69) is 18.2 Å². The summed E-state index contributed by atoms with van der Waals surface area (Å²) in [5.41, 5.74) is 1.75. The molecule has 0 bridgehead atoms. The third-order valence-corrected chi connectivity index (χ3v) is 6.51. The van der Waals surface area contributed by atoms with Crippen molar-refractivity contribution >= 4 is 45.3 Å². The number of hydrogen-bond acceptors (Lipinski definition) is 4. The number of carbonyl (C=O) groups excluding carboxylic acids is 3. The molecule has 0 aliphatic carbocycles. The van der Waals surface area contributed by atoms with Crippen molar-refractivity contribution in [3.05, 3.63) is 64.0 Å². The van der Waals surface area contributed by atoms with Gasteiger partial charge in [0, 0.05) is 46.0 Å². The van der Waals surface area contributed by atoms with Crippen molar-refractivity contribution in [1.82, 2.24) is 9.80 Å². The SMILES string of the molecule is CCCN(C=O)c1sc(Cc2cccc3ccccc23)c(C(=O)N(C)C)c1C(=O)N(C)C.